The summed E-state index contributed by atoms with van der Waals surface area (Å²) >= 11 is 0. The summed E-state index contributed by atoms with van der Waals surface area (Å²) in [6, 6.07) is 0. The number of nitrogens with one attached hydrogen (secondary N) is 1. The second kappa shape index (κ2) is 4.78. The minimum atomic E-state index is -0.529. The molecule has 1 aliphatic rings. The molecule has 19 heavy (non-hydrogen) atoms. The van der Waals surface area contributed by atoms with Crippen LogP contribution in [-0.2, 0) is 9.31 Å². The highest BCUT2D eigenvalue weighted by Crippen LogP contribution is 2.38. The standard InChI is InChI=1S/C13H21BN2O3/c1-9-15-7-11(16-9)6-10(8-17)14-18-12(2,3)13(4,5)19-14/h6-7,17H,8H2,1-5H3,(H,15,16). The lowest BCUT2D eigenvalue weighted by Crippen LogP contribution is -2.41. The molecule has 2 rings (SSSR count). The minimum absolute atomic E-state index is 0.116. The summed E-state index contributed by atoms with van der Waals surface area (Å²) in [4.78, 5) is 7.22. The Hall–Kier alpha value is -1.11. The first-order valence-corrected chi connectivity index (χ1v) is 6.44. The van der Waals surface area contributed by atoms with Crippen molar-refractivity contribution in [1.29, 1.82) is 0 Å². The third-order valence-electron chi connectivity index (χ3n) is 3.80. The van der Waals surface area contributed by atoms with Crippen LogP contribution in [0.3, 0.4) is 0 Å². The molecule has 0 aromatic carbocycles. The lowest BCUT2D eigenvalue weighted by molar-refractivity contribution is 0.00578. The van der Waals surface area contributed by atoms with Gasteiger partial charge in [0, 0.05) is 0 Å². The Kier molecular flexibility index (Phi) is 3.60. The second-order valence-electron chi connectivity index (χ2n) is 5.89. The summed E-state index contributed by atoms with van der Waals surface area (Å²) in [6.45, 7) is 9.72. The zero-order valence-electron chi connectivity index (χ0n) is 12.2. The predicted octanol–water partition coefficient (Wildman–Crippen LogP) is 1.73. The molecular weight excluding hydrogens is 243 g/mol. The van der Waals surface area contributed by atoms with Gasteiger partial charge in [-0.1, -0.05) is 0 Å². The number of rotatable bonds is 3. The van der Waals surface area contributed by atoms with Crippen LogP contribution in [0.4, 0.5) is 0 Å². The number of aliphatic hydroxyl groups is 1. The number of imidazole rings is 1. The van der Waals surface area contributed by atoms with E-state index in [0.29, 0.717) is 5.47 Å². The Balaban J connectivity index is 2.23. The Morgan fingerprint density at radius 1 is 1.37 bits per heavy atom. The fraction of sp³-hybridized carbons (Fsp3) is 0.615. The summed E-state index contributed by atoms with van der Waals surface area (Å²) in [5.74, 6) is 0.831. The zero-order valence-corrected chi connectivity index (χ0v) is 12.2. The summed E-state index contributed by atoms with van der Waals surface area (Å²) < 4.78 is 11.8. The van der Waals surface area contributed by atoms with Crippen molar-refractivity contribution in [3.8, 4) is 0 Å². The molecule has 0 radical (unpaired) electrons. The maximum absolute atomic E-state index is 9.53. The van der Waals surface area contributed by atoms with Crippen LogP contribution in [0.25, 0.3) is 6.08 Å². The highest BCUT2D eigenvalue weighted by molar-refractivity contribution is 6.55. The summed E-state index contributed by atoms with van der Waals surface area (Å²) in [5, 5.41) is 9.53. The molecule has 0 spiro atoms. The first kappa shape index (κ1) is 14.3. The fourth-order valence-corrected chi connectivity index (χ4v) is 1.90. The van der Waals surface area contributed by atoms with Crippen molar-refractivity contribution in [2.75, 3.05) is 6.61 Å². The largest absolute Gasteiger partial charge is 0.492 e. The van der Waals surface area contributed by atoms with Crippen LogP contribution >= 0.6 is 0 Å². The van der Waals surface area contributed by atoms with Gasteiger partial charge in [0.05, 0.1) is 29.7 Å². The van der Waals surface area contributed by atoms with Crippen LogP contribution < -0.4 is 0 Å². The van der Waals surface area contributed by atoms with E-state index in [1.54, 1.807) is 6.20 Å². The van der Waals surface area contributed by atoms with Gasteiger partial charge in [-0.15, -0.1) is 0 Å². The van der Waals surface area contributed by atoms with E-state index >= 15 is 0 Å². The number of nitrogens with zero attached hydrogens (tertiary/aromatic N) is 1. The number of hydrogen-bond acceptors (Lipinski definition) is 4. The molecule has 2 N–H and O–H groups in total. The second-order valence-corrected chi connectivity index (χ2v) is 5.89. The fourth-order valence-electron chi connectivity index (χ4n) is 1.90. The van der Waals surface area contributed by atoms with Gasteiger partial charge in [0.1, 0.15) is 5.82 Å². The van der Waals surface area contributed by atoms with Crippen LogP contribution in [0.5, 0.6) is 0 Å². The van der Waals surface area contributed by atoms with Crippen LogP contribution in [0.2, 0.25) is 0 Å². The molecular formula is C13H21BN2O3. The molecule has 5 nitrogen and oxygen atoms in total. The summed E-state index contributed by atoms with van der Waals surface area (Å²) in [7, 11) is -0.529. The molecule has 2 heterocycles. The number of aromatic nitrogens is 2. The Labute approximate surface area is 114 Å². The first-order chi connectivity index (χ1) is 8.75. The van der Waals surface area contributed by atoms with Crippen molar-refractivity contribution in [3.05, 3.63) is 23.2 Å². The van der Waals surface area contributed by atoms with E-state index < -0.39 is 18.3 Å². The third-order valence-corrected chi connectivity index (χ3v) is 3.80. The van der Waals surface area contributed by atoms with Crippen molar-refractivity contribution < 1.29 is 14.4 Å². The molecule has 6 heteroatoms. The van der Waals surface area contributed by atoms with Gasteiger partial charge < -0.3 is 19.4 Å². The Morgan fingerprint density at radius 2 is 1.95 bits per heavy atom. The third kappa shape index (κ3) is 2.75. The summed E-state index contributed by atoms with van der Waals surface area (Å²) in [5.41, 5.74) is 0.699. The van der Waals surface area contributed by atoms with Crippen molar-refractivity contribution in [2.24, 2.45) is 0 Å². The van der Waals surface area contributed by atoms with Crippen molar-refractivity contribution in [1.82, 2.24) is 9.97 Å². The van der Waals surface area contributed by atoms with Crippen LogP contribution in [0.1, 0.15) is 39.2 Å². The quantitative estimate of drug-likeness (QED) is 0.816. The van der Waals surface area contributed by atoms with Gasteiger partial charge in [-0.2, -0.15) is 0 Å². The van der Waals surface area contributed by atoms with E-state index in [9.17, 15) is 5.11 Å². The zero-order chi connectivity index (χ0) is 14.3. The van der Waals surface area contributed by atoms with Gasteiger partial charge in [-0.3, -0.25) is 0 Å². The lowest BCUT2D eigenvalue weighted by Gasteiger charge is -2.32. The van der Waals surface area contributed by atoms with Crippen LogP contribution in [0, 0.1) is 6.92 Å². The van der Waals surface area contributed by atoms with Gasteiger partial charge in [-0.05, 0) is 46.2 Å². The molecule has 1 aromatic heterocycles. The normalized spacial score (nSPS) is 22.0. The average molecular weight is 264 g/mol. The van der Waals surface area contributed by atoms with Gasteiger partial charge in [0.25, 0.3) is 0 Å². The van der Waals surface area contributed by atoms with E-state index in [4.69, 9.17) is 9.31 Å². The van der Waals surface area contributed by atoms with E-state index in [2.05, 4.69) is 9.97 Å². The number of hydrogen-bond donors (Lipinski definition) is 2. The minimum Gasteiger partial charge on any atom is -0.400 e. The van der Waals surface area contributed by atoms with Gasteiger partial charge in [0.15, 0.2) is 0 Å². The smallest absolute Gasteiger partial charge is 0.400 e. The molecule has 1 aliphatic heterocycles. The van der Waals surface area contributed by atoms with E-state index in [-0.39, 0.29) is 6.61 Å². The summed E-state index contributed by atoms with van der Waals surface area (Å²) in [6.07, 6.45) is 3.54. The first-order valence-electron chi connectivity index (χ1n) is 6.44. The highest BCUT2D eigenvalue weighted by Gasteiger charge is 2.52. The molecule has 1 fully saturated rings. The number of H-pyrrole nitrogens is 1. The van der Waals surface area contributed by atoms with E-state index in [1.165, 1.54) is 0 Å². The lowest BCUT2D eigenvalue weighted by atomic mass is 9.78. The molecule has 1 aromatic rings. The topological polar surface area (TPSA) is 67.4 Å². The van der Waals surface area contributed by atoms with Crippen LogP contribution in [-0.4, -0.2) is 40.0 Å². The number of aryl methyl sites for hydroxylation is 1. The molecule has 0 atom stereocenters. The average Bonchev–Trinajstić information content (AvgIpc) is 2.78. The van der Waals surface area contributed by atoms with Gasteiger partial charge >= 0.3 is 7.12 Å². The van der Waals surface area contributed by atoms with Crippen LogP contribution in [0.15, 0.2) is 11.7 Å². The molecule has 0 unspecified atom stereocenters. The predicted molar refractivity (Wildman–Crippen MR) is 74.5 cm³/mol. The van der Waals surface area contributed by atoms with E-state index in [1.807, 2.05) is 40.7 Å². The van der Waals surface area contributed by atoms with Gasteiger partial charge in [-0.25, -0.2) is 4.98 Å². The van der Waals surface area contributed by atoms with Crippen molar-refractivity contribution in [3.63, 3.8) is 0 Å². The van der Waals surface area contributed by atoms with Gasteiger partial charge in [0.2, 0.25) is 0 Å². The maximum Gasteiger partial charge on any atom is 0.492 e. The number of aromatic amines is 1. The number of aliphatic hydroxyl groups excluding tert-OH is 1. The maximum atomic E-state index is 9.53. The Bertz CT molecular complexity index is 478. The SMILES string of the molecule is Cc1ncc(C=C(CO)B2OC(C)(C)C(C)(C)O2)[nH]1. The molecule has 0 amide bonds. The van der Waals surface area contributed by atoms with Crippen molar-refractivity contribution in [2.45, 2.75) is 45.8 Å². The molecule has 1 saturated heterocycles. The molecule has 0 saturated carbocycles. The van der Waals surface area contributed by atoms with E-state index in [0.717, 1.165) is 11.5 Å². The molecule has 104 valence electrons. The Morgan fingerprint density at radius 3 is 2.37 bits per heavy atom. The molecule has 0 aliphatic carbocycles. The molecule has 0 bridgehead atoms. The highest BCUT2D eigenvalue weighted by atomic mass is 16.7. The monoisotopic (exact) mass is 264 g/mol. The van der Waals surface area contributed by atoms with Crippen molar-refractivity contribution >= 4 is 13.2 Å².